The summed E-state index contributed by atoms with van der Waals surface area (Å²) in [6, 6.07) is 1.92. The van der Waals surface area contributed by atoms with E-state index < -0.39 is 36.5 Å². The summed E-state index contributed by atoms with van der Waals surface area (Å²) < 4.78 is 23.9. The van der Waals surface area contributed by atoms with Crippen LogP contribution in [0.2, 0.25) is 0 Å². The Morgan fingerprint density at radius 1 is 1.22 bits per heavy atom. The van der Waals surface area contributed by atoms with Crippen LogP contribution in [0.25, 0.3) is 0 Å². The molecule has 0 aromatic rings. The van der Waals surface area contributed by atoms with Crippen molar-refractivity contribution in [1.29, 1.82) is 5.26 Å². The van der Waals surface area contributed by atoms with Crippen molar-refractivity contribution in [3.8, 4) is 6.07 Å². The number of nitriles is 1. The molecule has 0 bridgehead atoms. The number of carbonyl (C=O) groups is 2. The number of rotatable bonds is 8. The number of carbonyl (C=O) groups excluding carboxylic acids is 2. The first-order valence-electron chi connectivity index (χ1n) is 13.2. The highest BCUT2D eigenvalue weighted by Crippen LogP contribution is 2.39. The molecule has 4 fully saturated rings. The second-order valence-corrected chi connectivity index (χ2v) is 11.2. The number of amides is 2. The van der Waals surface area contributed by atoms with E-state index >= 15 is 0 Å². The normalized spacial score (nSPS) is 32.6. The number of aliphatic hydroxyl groups excluding tert-OH is 1. The van der Waals surface area contributed by atoms with Gasteiger partial charge in [0.1, 0.15) is 12.1 Å². The van der Waals surface area contributed by atoms with Crippen molar-refractivity contribution in [3.63, 3.8) is 0 Å². The zero-order valence-corrected chi connectivity index (χ0v) is 22.4. The van der Waals surface area contributed by atoms with Crippen molar-refractivity contribution in [2.45, 2.75) is 88.4 Å². The van der Waals surface area contributed by atoms with Crippen LogP contribution in [0, 0.1) is 11.3 Å². The number of nitrogens with one attached hydrogen (secondary N) is 1. The summed E-state index contributed by atoms with van der Waals surface area (Å²) in [4.78, 5) is 30.5. The molecular weight excluding hydrogens is 482 g/mol. The maximum absolute atomic E-state index is 12.7. The molecule has 4 aliphatic heterocycles. The summed E-state index contributed by atoms with van der Waals surface area (Å²) in [6.45, 7) is 8.75. The molecule has 0 spiro atoms. The number of fused-ring (bicyclic) bond motifs is 1. The molecule has 5 atom stereocenters. The van der Waals surface area contributed by atoms with Gasteiger partial charge in [-0.1, -0.05) is 0 Å². The maximum Gasteiger partial charge on any atom is 0.410 e. The Morgan fingerprint density at radius 2 is 1.95 bits per heavy atom. The zero-order valence-electron chi connectivity index (χ0n) is 22.4. The SMILES string of the molecule is CN(CCO)C(=O)O[C@@H]1[C@H]2OC(C)(C)O[C@H]2O[C@@H]1CN1CCC(C)(NCC(=O)N2CCC[C@H]2C#N)CC1. The molecule has 4 heterocycles. The number of nitrogens with zero attached hydrogens (tertiary/aromatic N) is 4. The number of piperidine rings is 1. The Morgan fingerprint density at radius 3 is 2.62 bits per heavy atom. The van der Waals surface area contributed by atoms with Crippen LogP contribution < -0.4 is 5.32 Å². The fourth-order valence-electron chi connectivity index (χ4n) is 5.53. The van der Waals surface area contributed by atoms with E-state index in [-0.39, 0.29) is 37.2 Å². The highest BCUT2D eigenvalue weighted by Gasteiger charge is 2.57. The summed E-state index contributed by atoms with van der Waals surface area (Å²) in [5.74, 6) is -0.849. The minimum atomic E-state index is -0.833. The van der Waals surface area contributed by atoms with Gasteiger partial charge in [0.05, 0.1) is 19.2 Å². The molecule has 4 rings (SSSR count). The molecule has 0 radical (unpaired) electrons. The average molecular weight is 524 g/mol. The third-order valence-electron chi connectivity index (χ3n) is 7.86. The minimum Gasteiger partial charge on any atom is -0.440 e. The van der Waals surface area contributed by atoms with Gasteiger partial charge in [-0.25, -0.2) is 4.79 Å². The standard InChI is InChI=1S/C25H41N5O7/c1-24(2)36-21-20(35-23(33)28(4)12-13-31)18(34-22(21)37-24)16-29-10-7-25(3,8-11-29)27-15-19(32)30-9-5-6-17(30)14-26/h17-18,20-22,27,31H,5-13,15-16H2,1-4H3/t17-,18+,20-,21+,22+/m0/s1. The van der Waals surface area contributed by atoms with E-state index in [0.29, 0.717) is 13.1 Å². The van der Waals surface area contributed by atoms with Crippen molar-refractivity contribution < 1.29 is 33.6 Å². The number of likely N-dealkylation sites (tertiary alicyclic amines) is 2. The van der Waals surface area contributed by atoms with E-state index in [2.05, 4.69) is 23.2 Å². The van der Waals surface area contributed by atoms with Crippen LogP contribution in [-0.2, 0) is 23.7 Å². The monoisotopic (exact) mass is 523 g/mol. The largest absolute Gasteiger partial charge is 0.440 e. The van der Waals surface area contributed by atoms with Gasteiger partial charge in [-0.3, -0.25) is 4.79 Å². The number of likely N-dealkylation sites (N-methyl/N-ethyl adjacent to an activating group) is 1. The van der Waals surface area contributed by atoms with Crippen LogP contribution in [0.4, 0.5) is 4.79 Å². The van der Waals surface area contributed by atoms with E-state index in [0.717, 1.165) is 38.8 Å². The van der Waals surface area contributed by atoms with Crippen molar-refractivity contribution in [2.24, 2.45) is 0 Å². The van der Waals surface area contributed by atoms with E-state index in [9.17, 15) is 14.9 Å². The van der Waals surface area contributed by atoms with Crippen LogP contribution in [0.3, 0.4) is 0 Å². The Bertz CT molecular complexity index is 872. The van der Waals surface area contributed by atoms with E-state index in [4.69, 9.17) is 24.1 Å². The molecule has 4 saturated heterocycles. The Balaban J connectivity index is 1.30. The molecule has 4 aliphatic rings. The zero-order chi connectivity index (χ0) is 26.8. The van der Waals surface area contributed by atoms with Gasteiger partial charge >= 0.3 is 6.09 Å². The Hall–Kier alpha value is -2.01. The summed E-state index contributed by atoms with van der Waals surface area (Å²) in [5, 5.41) is 21.9. The number of aliphatic hydroxyl groups is 1. The van der Waals surface area contributed by atoms with Crippen molar-refractivity contribution in [2.75, 3.05) is 52.9 Å². The molecule has 0 saturated carbocycles. The predicted octanol–water partition coefficient (Wildman–Crippen LogP) is 0.251. The molecular formula is C25H41N5O7. The first kappa shape index (κ1) is 28.0. The lowest BCUT2D eigenvalue weighted by molar-refractivity contribution is -0.217. The van der Waals surface area contributed by atoms with Gasteiger partial charge in [0.25, 0.3) is 0 Å². The second-order valence-electron chi connectivity index (χ2n) is 11.2. The third-order valence-corrected chi connectivity index (χ3v) is 7.86. The van der Waals surface area contributed by atoms with Gasteiger partial charge in [-0.2, -0.15) is 5.26 Å². The minimum absolute atomic E-state index is 0.0163. The highest BCUT2D eigenvalue weighted by atomic mass is 16.8. The first-order valence-corrected chi connectivity index (χ1v) is 13.2. The lowest BCUT2D eigenvalue weighted by Gasteiger charge is -2.41. The van der Waals surface area contributed by atoms with Gasteiger partial charge in [0.2, 0.25) is 5.91 Å². The summed E-state index contributed by atoms with van der Waals surface area (Å²) in [5.41, 5.74) is -0.184. The average Bonchev–Trinajstić information content (AvgIpc) is 3.53. The molecule has 208 valence electrons. The molecule has 2 amide bonds. The molecule has 12 heteroatoms. The van der Waals surface area contributed by atoms with E-state index in [1.165, 1.54) is 4.90 Å². The lowest BCUT2D eigenvalue weighted by Crippen LogP contribution is -2.55. The molecule has 2 N–H and O–H groups in total. The summed E-state index contributed by atoms with van der Waals surface area (Å²) in [7, 11) is 1.57. The fourth-order valence-corrected chi connectivity index (χ4v) is 5.53. The number of hydrogen-bond acceptors (Lipinski definition) is 10. The van der Waals surface area contributed by atoms with Crippen LogP contribution in [0.5, 0.6) is 0 Å². The summed E-state index contributed by atoms with van der Waals surface area (Å²) >= 11 is 0. The molecule has 0 aromatic carbocycles. The molecule has 0 unspecified atom stereocenters. The molecule has 12 nitrogen and oxygen atoms in total. The highest BCUT2D eigenvalue weighted by molar-refractivity contribution is 5.79. The Labute approximate surface area is 218 Å². The fraction of sp³-hybridized carbons (Fsp3) is 0.880. The summed E-state index contributed by atoms with van der Waals surface area (Å²) in [6.07, 6.45) is 0.551. The topological polar surface area (TPSA) is 137 Å². The van der Waals surface area contributed by atoms with Crippen LogP contribution >= 0.6 is 0 Å². The maximum atomic E-state index is 12.7. The number of hydrogen-bond donors (Lipinski definition) is 2. The third kappa shape index (κ3) is 6.53. The first-order chi connectivity index (χ1) is 17.5. The van der Waals surface area contributed by atoms with Crippen molar-refractivity contribution >= 4 is 12.0 Å². The van der Waals surface area contributed by atoms with Crippen molar-refractivity contribution in [1.82, 2.24) is 20.0 Å². The second kappa shape index (κ2) is 11.4. The van der Waals surface area contributed by atoms with E-state index in [1.54, 1.807) is 25.8 Å². The van der Waals surface area contributed by atoms with Crippen LogP contribution in [0.15, 0.2) is 0 Å². The molecule has 37 heavy (non-hydrogen) atoms. The van der Waals surface area contributed by atoms with Gasteiger partial charge in [0, 0.05) is 32.2 Å². The van der Waals surface area contributed by atoms with E-state index in [1.807, 2.05) is 0 Å². The van der Waals surface area contributed by atoms with Gasteiger partial charge < -0.3 is 44.1 Å². The van der Waals surface area contributed by atoms with Gasteiger partial charge in [0.15, 0.2) is 24.3 Å². The van der Waals surface area contributed by atoms with Gasteiger partial charge in [-0.05, 0) is 59.5 Å². The smallest absolute Gasteiger partial charge is 0.410 e. The quantitative estimate of drug-likeness (QED) is 0.455. The van der Waals surface area contributed by atoms with Crippen LogP contribution in [0.1, 0.15) is 46.5 Å². The molecule has 0 aromatic heterocycles. The number of ether oxygens (including phenoxy) is 4. The lowest BCUT2D eigenvalue weighted by atomic mass is 9.89. The predicted molar refractivity (Wildman–Crippen MR) is 131 cm³/mol. The van der Waals surface area contributed by atoms with Crippen LogP contribution in [-0.4, -0.2) is 127 Å². The van der Waals surface area contributed by atoms with Gasteiger partial charge in [-0.15, -0.1) is 0 Å². The van der Waals surface area contributed by atoms with Crippen molar-refractivity contribution in [3.05, 3.63) is 0 Å². The Kier molecular flexibility index (Phi) is 8.62. The molecule has 0 aliphatic carbocycles.